The van der Waals surface area contributed by atoms with Gasteiger partial charge >= 0.3 is 0 Å². The highest BCUT2D eigenvalue weighted by molar-refractivity contribution is 5.75. The smallest absolute Gasteiger partial charge is 0.219 e. The van der Waals surface area contributed by atoms with E-state index in [1.165, 1.54) is 11.3 Å². The number of amides is 1. The normalized spacial score (nSPS) is 12.0. The highest BCUT2D eigenvalue weighted by atomic mass is 16.1. The van der Waals surface area contributed by atoms with Crippen LogP contribution in [0.15, 0.2) is 24.3 Å². The van der Waals surface area contributed by atoms with Crippen LogP contribution in [-0.2, 0) is 11.2 Å². The number of benzene rings is 1. The van der Waals surface area contributed by atoms with Gasteiger partial charge < -0.3 is 10.2 Å². The maximum absolute atomic E-state index is 11.2. The lowest BCUT2D eigenvalue weighted by Gasteiger charge is -2.15. The fraction of sp³-hybridized carbons (Fsp3) is 0.500. The van der Waals surface area contributed by atoms with Crippen molar-refractivity contribution < 1.29 is 4.79 Å². The van der Waals surface area contributed by atoms with Crippen LogP contribution >= 0.6 is 0 Å². The number of rotatable bonds is 5. The Bertz CT molecular complexity index is 357. The van der Waals surface area contributed by atoms with Gasteiger partial charge in [0.15, 0.2) is 0 Å². The van der Waals surface area contributed by atoms with Gasteiger partial charge in [0.1, 0.15) is 0 Å². The zero-order valence-corrected chi connectivity index (χ0v) is 11.2. The first-order valence-electron chi connectivity index (χ1n) is 6.08. The molecule has 0 saturated heterocycles. The molecule has 0 fully saturated rings. The van der Waals surface area contributed by atoms with Crippen LogP contribution in [0.5, 0.6) is 0 Å². The number of carbonyl (C=O) groups is 1. The quantitative estimate of drug-likeness (QED) is 0.847. The monoisotopic (exact) mass is 234 g/mol. The highest BCUT2D eigenvalue weighted by Crippen LogP contribution is 2.13. The van der Waals surface area contributed by atoms with Gasteiger partial charge in [-0.25, -0.2) is 0 Å². The molecule has 0 aliphatic rings. The molecule has 1 aromatic carbocycles. The van der Waals surface area contributed by atoms with Gasteiger partial charge in [0.05, 0.1) is 0 Å². The van der Waals surface area contributed by atoms with E-state index in [1.54, 1.807) is 0 Å². The van der Waals surface area contributed by atoms with E-state index in [0.717, 1.165) is 6.42 Å². The van der Waals surface area contributed by atoms with E-state index >= 15 is 0 Å². The third-order valence-corrected chi connectivity index (χ3v) is 2.72. The molecular formula is C14H22N2O. The van der Waals surface area contributed by atoms with Crippen molar-refractivity contribution in [2.45, 2.75) is 32.7 Å². The number of hydrogen-bond acceptors (Lipinski definition) is 2. The zero-order valence-electron chi connectivity index (χ0n) is 11.2. The molecule has 0 heterocycles. The minimum absolute atomic E-state index is 0.113. The van der Waals surface area contributed by atoms with E-state index in [4.69, 9.17) is 0 Å². The number of anilines is 1. The average Bonchev–Trinajstić information content (AvgIpc) is 2.29. The predicted octanol–water partition coefficient (Wildman–Crippen LogP) is 2.21. The van der Waals surface area contributed by atoms with Gasteiger partial charge in [-0.2, -0.15) is 0 Å². The third kappa shape index (κ3) is 4.47. The van der Waals surface area contributed by atoms with Crippen molar-refractivity contribution >= 4 is 11.6 Å². The Labute approximate surface area is 104 Å². The molecule has 1 amide bonds. The van der Waals surface area contributed by atoms with Gasteiger partial charge in [0.2, 0.25) is 5.91 Å². The van der Waals surface area contributed by atoms with Crippen molar-refractivity contribution in [1.82, 2.24) is 5.32 Å². The van der Waals surface area contributed by atoms with Gasteiger partial charge in [-0.3, -0.25) is 4.79 Å². The van der Waals surface area contributed by atoms with Gasteiger partial charge in [-0.15, -0.1) is 0 Å². The zero-order chi connectivity index (χ0) is 12.8. The molecule has 94 valence electrons. The topological polar surface area (TPSA) is 32.3 Å². The van der Waals surface area contributed by atoms with Crippen LogP contribution in [0.2, 0.25) is 0 Å². The summed E-state index contributed by atoms with van der Waals surface area (Å²) in [5.74, 6) is 0.113. The molecular weight excluding hydrogens is 212 g/mol. The Kier molecular flexibility index (Phi) is 5.01. The molecule has 3 heteroatoms. The molecule has 0 saturated carbocycles. The lowest BCUT2D eigenvalue weighted by atomic mass is 10.1. The van der Waals surface area contributed by atoms with Crippen LogP contribution in [0, 0.1) is 0 Å². The van der Waals surface area contributed by atoms with Crippen LogP contribution in [0.1, 0.15) is 25.8 Å². The van der Waals surface area contributed by atoms with Crippen molar-refractivity contribution in [3.63, 3.8) is 0 Å². The summed E-state index contributed by atoms with van der Waals surface area (Å²) in [4.78, 5) is 13.3. The van der Waals surface area contributed by atoms with Crippen LogP contribution in [0.25, 0.3) is 0 Å². The van der Waals surface area contributed by atoms with Crippen molar-refractivity contribution in [3.05, 3.63) is 29.8 Å². The van der Waals surface area contributed by atoms with Gasteiger partial charge in [0.25, 0.3) is 0 Å². The maximum atomic E-state index is 11.2. The summed E-state index contributed by atoms with van der Waals surface area (Å²) in [7, 11) is 4.05. The Morgan fingerprint density at radius 3 is 2.35 bits per heavy atom. The molecule has 0 aliphatic heterocycles. The Morgan fingerprint density at radius 1 is 1.29 bits per heavy atom. The molecule has 3 nitrogen and oxygen atoms in total. The number of carbonyl (C=O) groups excluding carboxylic acids is 1. The second kappa shape index (κ2) is 6.28. The third-order valence-electron chi connectivity index (χ3n) is 2.72. The average molecular weight is 234 g/mol. The fourth-order valence-corrected chi connectivity index (χ4v) is 1.71. The largest absolute Gasteiger partial charge is 0.378 e. The first-order valence-corrected chi connectivity index (χ1v) is 6.08. The molecule has 1 rings (SSSR count). The van der Waals surface area contributed by atoms with E-state index in [1.807, 2.05) is 27.9 Å². The van der Waals surface area contributed by atoms with Crippen molar-refractivity contribution in [1.29, 1.82) is 0 Å². The van der Waals surface area contributed by atoms with E-state index < -0.39 is 0 Å². The summed E-state index contributed by atoms with van der Waals surface area (Å²) in [5.41, 5.74) is 2.44. The molecule has 0 aliphatic carbocycles. The highest BCUT2D eigenvalue weighted by Gasteiger charge is 2.06. The molecule has 0 unspecified atom stereocenters. The molecule has 1 atom stereocenters. The second-order valence-electron chi connectivity index (χ2n) is 4.59. The molecule has 0 aromatic heterocycles. The minimum Gasteiger partial charge on any atom is -0.378 e. The first-order chi connectivity index (χ1) is 8.02. The van der Waals surface area contributed by atoms with Crippen LogP contribution in [0.4, 0.5) is 5.69 Å². The van der Waals surface area contributed by atoms with Gasteiger partial charge in [0, 0.05) is 32.2 Å². The lowest BCUT2D eigenvalue weighted by molar-refractivity contribution is -0.121. The SMILES string of the molecule is CCC(=O)N[C@H](C)Cc1ccc(N(C)C)cc1. The van der Waals surface area contributed by atoms with Crippen molar-refractivity contribution in [2.24, 2.45) is 0 Å². The standard InChI is InChI=1S/C14H22N2O/c1-5-14(17)15-11(2)10-12-6-8-13(9-7-12)16(3)4/h6-9,11H,5,10H2,1-4H3,(H,15,17)/t11-/m1/s1. The van der Waals surface area contributed by atoms with Crippen molar-refractivity contribution in [2.75, 3.05) is 19.0 Å². The Balaban J connectivity index is 2.54. The molecule has 17 heavy (non-hydrogen) atoms. The van der Waals surface area contributed by atoms with Gasteiger partial charge in [-0.05, 0) is 31.0 Å². The van der Waals surface area contributed by atoms with Crippen molar-refractivity contribution in [3.8, 4) is 0 Å². The van der Waals surface area contributed by atoms with Gasteiger partial charge in [-0.1, -0.05) is 19.1 Å². The Hall–Kier alpha value is -1.51. The summed E-state index contributed by atoms with van der Waals surface area (Å²) in [6.07, 6.45) is 1.42. The molecule has 1 aromatic rings. The summed E-state index contributed by atoms with van der Waals surface area (Å²) >= 11 is 0. The molecule has 0 radical (unpaired) electrons. The van der Waals surface area contributed by atoms with E-state index in [2.05, 4.69) is 34.5 Å². The summed E-state index contributed by atoms with van der Waals surface area (Å²) in [6.45, 7) is 3.90. The lowest BCUT2D eigenvalue weighted by Crippen LogP contribution is -2.33. The maximum Gasteiger partial charge on any atom is 0.219 e. The summed E-state index contributed by atoms with van der Waals surface area (Å²) < 4.78 is 0. The van der Waals surface area contributed by atoms with E-state index in [9.17, 15) is 4.79 Å². The van der Waals surface area contributed by atoms with Crippen LogP contribution < -0.4 is 10.2 Å². The second-order valence-corrected chi connectivity index (χ2v) is 4.59. The number of nitrogens with one attached hydrogen (secondary N) is 1. The fourth-order valence-electron chi connectivity index (χ4n) is 1.71. The molecule has 1 N–H and O–H groups in total. The summed E-state index contributed by atoms with van der Waals surface area (Å²) in [6, 6.07) is 8.62. The molecule has 0 spiro atoms. The summed E-state index contributed by atoms with van der Waals surface area (Å²) in [5, 5.41) is 2.97. The molecule has 0 bridgehead atoms. The van der Waals surface area contributed by atoms with E-state index in [-0.39, 0.29) is 11.9 Å². The predicted molar refractivity (Wildman–Crippen MR) is 72.4 cm³/mol. The first kappa shape index (κ1) is 13.6. The minimum atomic E-state index is 0.113. The Morgan fingerprint density at radius 2 is 1.88 bits per heavy atom. The van der Waals surface area contributed by atoms with Crippen LogP contribution in [-0.4, -0.2) is 26.0 Å². The van der Waals surface area contributed by atoms with Crippen LogP contribution in [0.3, 0.4) is 0 Å². The number of nitrogens with zero attached hydrogens (tertiary/aromatic N) is 1. The number of hydrogen-bond donors (Lipinski definition) is 1. The van der Waals surface area contributed by atoms with E-state index in [0.29, 0.717) is 6.42 Å².